The van der Waals surface area contributed by atoms with Gasteiger partial charge in [0.25, 0.3) is 0 Å². The smallest absolute Gasteiger partial charge is 0.299 e. The number of benzene rings is 1. The van der Waals surface area contributed by atoms with Crippen LogP contribution in [0.25, 0.3) is 11.2 Å². The fourth-order valence-electron chi connectivity index (χ4n) is 7.05. The standard InChI is InChI=1S/C33H35F3N4O2/c1-19-3-5-24(11-19)29(41)16-22-13-23(14-22)17-30(42)25-6-4-21(12-20(25)2)15-27-32-39-18-28(40(32)10-9-37-27)26-7-8-38-31(26)33(34,35)36/h4,6-7,9-10,12,18-19,22-24H,3,5,8,11,13-17H2,1-2H3/t19-,22?,23?,24-/m0/s1. The van der Waals surface area contributed by atoms with Crippen LogP contribution < -0.4 is 0 Å². The predicted molar refractivity (Wildman–Crippen MR) is 155 cm³/mol. The largest absolute Gasteiger partial charge is 0.433 e. The lowest BCUT2D eigenvalue weighted by molar-refractivity contribution is -0.124. The van der Waals surface area contributed by atoms with Gasteiger partial charge in [-0.2, -0.15) is 13.2 Å². The van der Waals surface area contributed by atoms with Crippen LogP contribution in [0.4, 0.5) is 13.2 Å². The van der Waals surface area contributed by atoms with Crippen molar-refractivity contribution in [3.63, 3.8) is 0 Å². The Balaban J connectivity index is 1.08. The number of aromatic nitrogens is 3. The third-order valence-corrected chi connectivity index (χ3v) is 9.26. The number of halogens is 3. The third kappa shape index (κ3) is 5.70. The van der Waals surface area contributed by atoms with Crippen molar-refractivity contribution in [1.82, 2.24) is 14.4 Å². The van der Waals surface area contributed by atoms with Gasteiger partial charge in [0.1, 0.15) is 11.5 Å². The molecule has 2 aliphatic carbocycles. The summed E-state index contributed by atoms with van der Waals surface area (Å²) in [6, 6.07) is 5.75. The summed E-state index contributed by atoms with van der Waals surface area (Å²) >= 11 is 0. The van der Waals surface area contributed by atoms with Gasteiger partial charge < -0.3 is 0 Å². The molecule has 0 radical (unpaired) electrons. The minimum Gasteiger partial charge on any atom is -0.299 e. The van der Waals surface area contributed by atoms with E-state index in [1.54, 1.807) is 16.8 Å². The molecule has 0 bridgehead atoms. The first-order valence-electron chi connectivity index (χ1n) is 14.9. The van der Waals surface area contributed by atoms with E-state index in [1.807, 2.05) is 25.1 Å². The molecule has 0 spiro atoms. The van der Waals surface area contributed by atoms with Crippen molar-refractivity contribution in [2.24, 2.45) is 28.7 Å². The fourth-order valence-corrected chi connectivity index (χ4v) is 7.05. The van der Waals surface area contributed by atoms with E-state index in [0.717, 1.165) is 43.2 Å². The number of imidazole rings is 1. The lowest BCUT2D eigenvalue weighted by Gasteiger charge is -2.35. The first-order valence-corrected chi connectivity index (χ1v) is 14.9. The monoisotopic (exact) mass is 576 g/mol. The van der Waals surface area contributed by atoms with Crippen molar-refractivity contribution in [1.29, 1.82) is 0 Å². The number of hydrogen-bond acceptors (Lipinski definition) is 5. The first-order chi connectivity index (χ1) is 20.1. The van der Waals surface area contributed by atoms with E-state index in [2.05, 4.69) is 21.9 Å². The zero-order valence-corrected chi connectivity index (χ0v) is 24.0. The van der Waals surface area contributed by atoms with Crippen LogP contribution in [-0.4, -0.2) is 44.4 Å². The molecule has 2 aromatic heterocycles. The number of rotatable bonds is 9. The molecule has 0 unspecified atom stereocenters. The van der Waals surface area contributed by atoms with Crippen LogP contribution in [0.3, 0.4) is 0 Å². The van der Waals surface area contributed by atoms with Crippen LogP contribution in [0.15, 0.2) is 47.9 Å². The molecule has 0 amide bonds. The second kappa shape index (κ2) is 11.2. The Bertz CT molecular complexity index is 1600. The van der Waals surface area contributed by atoms with E-state index in [4.69, 9.17) is 0 Å². The molecule has 3 aliphatic rings. The van der Waals surface area contributed by atoms with Gasteiger partial charge in [-0.3, -0.25) is 24.0 Å². The number of hydrogen-bond donors (Lipinski definition) is 0. The average molecular weight is 577 g/mol. The van der Waals surface area contributed by atoms with Crippen molar-refractivity contribution < 1.29 is 22.8 Å². The summed E-state index contributed by atoms with van der Waals surface area (Å²) in [5, 5.41) is 0. The number of carbonyl (C=O) groups excluding carboxylic acids is 2. The number of nitrogens with zero attached hydrogens (tertiary/aromatic N) is 4. The highest BCUT2D eigenvalue weighted by Gasteiger charge is 2.40. The zero-order valence-electron chi connectivity index (χ0n) is 24.0. The van der Waals surface area contributed by atoms with Crippen LogP contribution in [0.2, 0.25) is 0 Å². The van der Waals surface area contributed by atoms with Crippen LogP contribution in [0, 0.1) is 30.6 Å². The van der Waals surface area contributed by atoms with Crippen LogP contribution in [0.5, 0.6) is 0 Å². The van der Waals surface area contributed by atoms with E-state index < -0.39 is 11.9 Å². The fraction of sp³-hybridized carbons (Fsp3) is 0.485. The van der Waals surface area contributed by atoms with Crippen molar-refractivity contribution >= 4 is 28.5 Å². The average Bonchev–Trinajstić information content (AvgIpc) is 3.66. The highest BCUT2D eigenvalue weighted by Crippen LogP contribution is 2.41. The predicted octanol–water partition coefficient (Wildman–Crippen LogP) is 7.02. The topological polar surface area (TPSA) is 76.7 Å². The van der Waals surface area contributed by atoms with Crippen molar-refractivity contribution in [3.05, 3.63) is 70.9 Å². The van der Waals surface area contributed by atoms with Crippen molar-refractivity contribution in [2.75, 3.05) is 6.54 Å². The van der Waals surface area contributed by atoms with Crippen LogP contribution >= 0.6 is 0 Å². The number of Topliss-reactive ketones (excluding diaryl/α,β-unsaturated/α-hetero) is 2. The number of fused-ring (bicyclic) bond motifs is 1. The number of ketones is 2. The molecule has 3 heterocycles. The first kappa shape index (κ1) is 28.5. The minimum absolute atomic E-state index is 0.0134. The van der Waals surface area contributed by atoms with Gasteiger partial charge in [0, 0.05) is 48.7 Å². The molecule has 3 aromatic rings. The molecule has 6 nitrogen and oxygen atoms in total. The van der Waals surface area contributed by atoms with Crippen molar-refractivity contribution in [3.8, 4) is 0 Å². The number of alkyl halides is 3. The summed E-state index contributed by atoms with van der Waals surface area (Å²) in [5.74, 6) is 2.22. The molecule has 1 aliphatic heterocycles. The number of aliphatic imine (C=N–C) groups is 1. The SMILES string of the molecule is Cc1cc(Cc2nccn3c(C4=CCN=C4C(F)(F)F)cnc23)ccc1C(=O)CC1CC(CC(=O)[C@H]2CC[C@H](C)C2)C1. The Kier molecular flexibility index (Phi) is 7.62. The second-order valence-electron chi connectivity index (χ2n) is 12.5. The lowest BCUT2D eigenvalue weighted by Crippen LogP contribution is -2.29. The molecule has 0 saturated heterocycles. The van der Waals surface area contributed by atoms with Crippen molar-refractivity contribution in [2.45, 2.75) is 71.4 Å². The molecule has 2 fully saturated rings. The molecule has 9 heteroatoms. The van der Waals surface area contributed by atoms with E-state index in [1.165, 1.54) is 12.3 Å². The number of allylic oxidation sites excluding steroid dienone is 1. The summed E-state index contributed by atoms with van der Waals surface area (Å²) in [5.41, 5.74) is 3.12. The highest BCUT2D eigenvalue weighted by atomic mass is 19.4. The van der Waals surface area contributed by atoms with Gasteiger partial charge in [0.2, 0.25) is 0 Å². The highest BCUT2D eigenvalue weighted by molar-refractivity contribution is 6.27. The third-order valence-electron chi connectivity index (χ3n) is 9.26. The van der Waals surface area contributed by atoms with E-state index in [0.29, 0.717) is 65.4 Å². The quantitative estimate of drug-likeness (QED) is 0.257. The van der Waals surface area contributed by atoms with Gasteiger partial charge in [0.15, 0.2) is 11.4 Å². The Morgan fingerprint density at radius 1 is 1.05 bits per heavy atom. The van der Waals surface area contributed by atoms with Gasteiger partial charge in [-0.1, -0.05) is 31.2 Å². The van der Waals surface area contributed by atoms with Crippen LogP contribution in [-0.2, 0) is 11.2 Å². The molecule has 2 atom stereocenters. The maximum atomic E-state index is 13.5. The van der Waals surface area contributed by atoms with E-state index in [9.17, 15) is 22.8 Å². The molecule has 6 rings (SSSR count). The zero-order chi connectivity index (χ0) is 29.6. The molecule has 1 aromatic carbocycles. The normalized spacial score (nSPS) is 24.0. The molecule has 2 saturated carbocycles. The van der Waals surface area contributed by atoms with E-state index in [-0.39, 0.29) is 23.8 Å². The maximum absolute atomic E-state index is 13.5. The Hall–Kier alpha value is -3.62. The summed E-state index contributed by atoms with van der Waals surface area (Å²) < 4.78 is 42.0. The van der Waals surface area contributed by atoms with E-state index >= 15 is 0 Å². The molecular formula is C33H35F3N4O2. The van der Waals surface area contributed by atoms with Crippen LogP contribution in [0.1, 0.15) is 84.7 Å². The Morgan fingerprint density at radius 3 is 2.55 bits per heavy atom. The summed E-state index contributed by atoms with van der Waals surface area (Å²) in [6.07, 6.45) is 8.26. The molecular weight excluding hydrogens is 541 g/mol. The van der Waals surface area contributed by atoms with Gasteiger partial charge in [0.05, 0.1) is 24.1 Å². The van der Waals surface area contributed by atoms with Gasteiger partial charge >= 0.3 is 6.18 Å². The summed E-state index contributed by atoms with van der Waals surface area (Å²) in [6.45, 7) is 4.14. The number of carbonyl (C=O) groups is 2. The number of aryl methyl sites for hydroxylation is 1. The Morgan fingerprint density at radius 2 is 1.83 bits per heavy atom. The molecule has 42 heavy (non-hydrogen) atoms. The van der Waals surface area contributed by atoms with Gasteiger partial charge in [-0.15, -0.1) is 0 Å². The molecule has 0 N–H and O–H groups in total. The van der Waals surface area contributed by atoms with Gasteiger partial charge in [-0.05, 0) is 67.9 Å². The summed E-state index contributed by atoms with van der Waals surface area (Å²) in [4.78, 5) is 38.2. The maximum Gasteiger partial charge on any atom is 0.433 e. The lowest BCUT2D eigenvalue weighted by atomic mass is 9.69. The minimum atomic E-state index is -4.54. The Labute approximate surface area is 243 Å². The van der Waals surface area contributed by atoms with Gasteiger partial charge in [-0.25, -0.2) is 4.98 Å². The summed E-state index contributed by atoms with van der Waals surface area (Å²) in [7, 11) is 0. The second-order valence-corrected chi connectivity index (χ2v) is 12.5. The molecule has 220 valence electrons.